The van der Waals surface area contributed by atoms with Crippen molar-refractivity contribution in [2.24, 2.45) is 0 Å². The molecule has 0 aliphatic heterocycles. The number of ketones is 2. The maximum absolute atomic E-state index is 12.6. The second kappa shape index (κ2) is 8.28. The van der Waals surface area contributed by atoms with E-state index >= 15 is 0 Å². The second-order valence-corrected chi connectivity index (χ2v) is 6.97. The van der Waals surface area contributed by atoms with Crippen LogP contribution in [-0.2, 0) is 6.61 Å². The molecule has 0 fully saturated rings. The van der Waals surface area contributed by atoms with Crippen LogP contribution in [0.15, 0.2) is 72.3 Å². The average molecular weight is 414 g/mol. The number of ether oxygens (including phenoxy) is 2. The number of aromatic carboxylic acids is 1. The molecule has 0 saturated heterocycles. The standard InChI is InChI=1S/C25H18O6/c1-30-22-13-15(12-20-23(26)18-7-2-3-8-19(18)24(20)27)9-10-21(22)31-14-16-5-4-6-17(11-16)25(28)29/h2-13H,14H2,1H3,(H,28,29). The molecule has 0 saturated carbocycles. The lowest BCUT2D eigenvalue weighted by molar-refractivity contribution is 0.0696. The van der Waals surface area contributed by atoms with Gasteiger partial charge in [-0.2, -0.15) is 0 Å². The van der Waals surface area contributed by atoms with Crippen molar-refractivity contribution in [2.75, 3.05) is 7.11 Å². The second-order valence-electron chi connectivity index (χ2n) is 6.97. The molecule has 6 heteroatoms. The summed E-state index contributed by atoms with van der Waals surface area (Å²) in [6, 6.07) is 18.3. The summed E-state index contributed by atoms with van der Waals surface area (Å²) in [7, 11) is 1.49. The van der Waals surface area contributed by atoms with Crippen molar-refractivity contribution in [1.82, 2.24) is 0 Å². The minimum absolute atomic E-state index is 0.113. The van der Waals surface area contributed by atoms with Gasteiger partial charge in [-0.1, -0.05) is 42.5 Å². The zero-order chi connectivity index (χ0) is 22.0. The number of Topliss-reactive ketones (excluding diaryl/α,β-unsaturated/α-hetero) is 2. The fourth-order valence-electron chi connectivity index (χ4n) is 3.42. The van der Waals surface area contributed by atoms with E-state index in [9.17, 15) is 14.4 Å². The Bertz CT molecular complexity index is 1200. The predicted octanol–water partition coefficient (Wildman–Crippen LogP) is 4.44. The zero-order valence-electron chi connectivity index (χ0n) is 16.6. The first kappa shape index (κ1) is 20.1. The SMILES string of the molecule is COc1cc(C=C2C(=O)c3ccccc3C2=O)ccc1OCc1cccc(C(=O)O)c1. The van der Waals surface area contributed by atoms with Crippen LogP contribution in [0.25, 0.3) is 6.08 Å². The largest absolute Gasteiger partial charge is 0.493 e. The Morgan fingerprint density at radius 1 is 0.903 bits per heavy atom. The van der Waals surface area contributed by atoms with E-state index in [0.717, 1.165) is 0 Å². The first-order valence-corrected chi connectivity index (χ1v) is 9.51. The van der Waals surface area contributed by atoms with Crippen LogP contribution in [0.4, 0.5) is 0 Å². The number of carboxylic acid groups (broad SMARTS) is 1. The molecular formula is C25H18O6. The Kier molecular flexibility index (Phi) is 5.37. The van der Waals surface area contributed by atoms with E-state index in [4.69, 9.17) is 14.6 Å². The van der Waals surface area contributed by atoms with Crippen molar-refractivity contribution in [3.05, 3.63) is 100 Å². The predicted molar refractivity (Wildman–Crippen MR) is 114 cm³/mol. The third kappa shape index (κ3) is 3.96. The monoisotopic (exact) mass is 414 g/mol. The van der Waals surface area contributed by atoms with Gasteiger partial charge in [-0.3, -0.25) is 9.59 Å². The maximum atomic E-state index is 12.6. The normalized spacial score (nSPS) is 12.5. The van der Waals surface area contributed by atoms with Crippen LogP contribution in [0.1, 0.15) is 42.2 Å². The third-order valence-electron chi connectivity index (χ3n) is 4.97. The van der Waals surface area contributed by atoms with E-state index in [1.54, 1.807) is 66.7 Å². The molecule has 0 atom stereocenters. The number of carboxylic acids is 1. The molecule has 0 amide bonds. The summed E-state index contributed by atoms with van der Waals surface area (Å²) in [5.41, 5.74) is 2.45. The van der Waals surface area contributed by atoms with Crippen molar-refractivity contribution >= 4 is 23.6 Å². The highest BCUT2D eigenvalue weighted by Crippen LogP contribution is 2.32. The topological polar surface area (TPSA) is 89.9 Å². The number of fused-ring (bicyclic) bond motifs is 1. The smallest absolute Gasteiger partial charge is 0.335 e. The summed E-state index contributed by atoms with van der Waals surface area (Å²) in [4.78, 5) is 36.3. The van der Waals surface area contributed by atoms with Crippen LogP contribution in [-0.4, -0.2) is 29.8 Å². The van der Waals surface area contributed by atoms with Crippen molar-refractivity contribution in [2.45, 2.75) is 6.61 Å². The molecule has 4 rings (SSSR count). The fraction of sp³-hybridized carbons (Fsp3) is 0.0800. The lowest BCUT2D eigenvalue weighted by Gasteiger charge is -2.12. The van der Waals surface area contributed by atoms with E-state index < -0.39 is 5.97 Å². The van der Waals surface area contributed by atoms with E-state index in [1.165, 1.54) is 13.2 Å². The maximum Gasteiger partial charge on any atom is 0.335 e. The fourth-order valence-corrected chi connectivity index (χ4v) is 3.42. The summed E-state index contributed by atoms with van der Waals surface area (Å²) >= 11 is 0. The molecule has 3 aromatic rings. The minimum atomic E-state index is -1.00. The molecule has 154 valence electrons. The number of hydrogen-bond donors (Lipinski definition) is 1. The van der Waals surface area contributed by atoms with Gasteiger partial charge >= 0.3 is 5.97 Å². The summed E-state index contributed by atoms with van der Waals surface area (Å²) < 4.78 is 11.2. The molecule has 0 spiro atoms. The van der Waals surface area contributed by atoms with Gasteiger partial charge in [0.15, 0.2) is 23.1 Å². The zero-order valence-corrected chi connectivity index (χ0v) is 16.6. The highest BCUT2D eigenvalue weighted by Gasteiger charge is 2.32. The van der Waals surface area contributed by atoms with Crippen LogP contribution in [0.5, 0.6) is 11.5 Å². The van der Waals surface area contributed by atoms with Gasteiger partial charge in [-0.25, -0.2) is 4.79 Å². The molecular weight excluding hydrogens is 396 g/mol. The molecule has 1 N–H and O–H groups in total. The quantitative estimate of drug-likeness (QED) is 0.474. The van der Waals surface area contributed by atoms with Gasteiger partial charge in [0.05, 0.1) is 18.2 Å². The van der Waals surface area contributed by atoms with Crippen molar-refractivity contribution in [1.29, 1.82) is 0 Å². The summed E-state index contributed by atoms with van der Waals surface area (Å²) in [5.74, 6) is -0.705. The molecule has 1 aliphatic rings. The Balaban J connectivity index is 1.56. The first-order chi connectivity index (χ1) is 15.0. The van der Waals surface area contributed by atoms with E-state index in [0.29, 0.717) is 33.8 Å². The first-order valence-electron chi connectivity index (χ1n) is 9.51. The van der Waals surface area contributed by atoms with Crippen LogP contribution in [0.3, 0.4) is 0 Å². The molecule has 6 nitrogen and oxygen atoms in total. The molecule has 1 aliphatic carbocycles. The van der Waals surface area contributed by atoms with Gasteiger partial charge in [0, 0.05) is 11.1 Å². The number of allylic oxidation sites excluding steroid dienone is 1. The molecule has 0 bridgehead atoms. The Hall–Kier alpha value is -4.19. The van der Waals surface area contributed by atoms with E-state index in [-0.39, 0.29) is 29.3 Å². The lowest BCUT2D eigenvalue weighted by Crippen LogP contribution is -2.02. The molecule has 0 unspecified atom stereocenters. The number of carbonyl (C=O) groups is 3. The number of rotatable bonds is 6. The molecule has 3 aromatic carbocycles. The lowest BCUT2D eigenvalue weighted by atomic mass is 10.1. The van der Waals surface area contributed by atoms with Crippen molar-refractivity contribution in [3.8, 4) is 11.5 Å². The van der Waals surface area contributed by atoms with Gasteiger partial charge in [0.25, 0.3) is 0 Å². The van der Waals surface area contributed by atoms with E-state index in [2.05, 4.69) is 0 Å². The third-order valence-corrected chi connectivity index (χ3v) is 4.97. The van der Waals surface area contributed by atoms with Gasteiger partial charge in [-0.05, 0) is 41.5 Å². The van der Waals surface area contributed by atoms with Gasteiger partial charge in [0.2, 0.25) is 0 Å². The minimum Gasteiger partial charge on any atom is -0.493 e. The Labute approximate surface area is 178 Å². The van der Waals surface area contributed by atoms with E-state index in [1.807, 2.05) is 0 Å². The molecule has 0 aromatic heterocycles. The van der Waals surface area contributed by atoms with Gasteiger partial charge in [-0.15, -0.1) is 0 Å². The average Bonchev–Trinajstić information content (AvgIpc) is 3.03. The summed E-state index contributed by atoms with van der Waals surface area (Å²) in [5, 5.41) is 9.10. The molecule has 31 heavy (non-hydrogen) atoms. The number of benzene rings is 3. The highest BCUT2D eigenvalue weighted by molar-refractivity contribution is 6.41. The Morgan fingerprint density at radius 3 is 2.26 bits per heavy atom. The molecule has 0 radical (unpaired) electrons. The van der Waals surface area contributed by atoms with Crippen LogP contribution in [0, 0.1) is 0 Å². The van der Waals surface area contributed by atoms with Gasteiger partial charge in [0.1, 0.15) is 6.61 Å². The molecule has 0 heterocycles. The van der Waals surface area contributed by atoms with Crippen LogP contribution < -0.4 is 9.47 Å². The summed E-state index contributed by atoms with van der Waals surface area (Å²) in [6.45, 7) is 0.157. The number of carbonyl (C=O) groups excluding carboxylic acids is 2. The van der Waals surface area contributed by atoms with Crippen LogP contribution in [0.2, 0.25) is 0 Å². The Morgan fingerprint density at radius 2 is 1.61 bits per heavy atom. The van der Waals surface area contributed by atoms with Crippen molar-refractivity contribution < 1.29 is 29.0 Å². The van der Waals surface area contributed by atoms with Crippen molar-refractivity contribution in [3.63, 3.8) is 0 Å². The summed E-state index contributed by atoms with van der Waals surface area (Å²) in [6.07, 6.45) is 1.55. The highest BCUT2D eigenvalue weighted by atomic mass is 16.5. The number of hydrogen-bond acceptors (Lipinski definition) is 5. The number of methoxy groups -OCH3 is 1. The van der Waals surface area contributed by atoms with Crippen LogP contribution >= 0.6 is 0 Å². The van der Waals surface area contributed by atoms with Gasteiger partial charge < -0.3 is 14.6 Å².